The third-order valence-corrected chi connectivity index (χ3v) is 13.1. The second-order valence-corrected chi connectivity index (χ2v) is 20.2. The van der Waals surface area contributed by atoms with Crippen molar-refractivity contribution < 1.29 is 28.6 Å². The van der Waals surface area contributed by atoms with E-state index in [9.17, 15) is 14.4 Å². The Balaban J connectivity index is 4.37. The molecule has 6 nitrogen and oxygen atoms in total. The number of unbranched alkanes of at least 4 members (excludes halogenated alkanes) is 30. The second kappa shape index (κ2) is 60.1. The van der Waals surface area contributed by atoms with Gasteiger partial charge in [0, 0.05) is 19.3 Å². The highest BCUT2D eigenvalue weighted by molar-refractivity contribution is 5.71. The first kappa shape index (κ1) is 68.6. The lowest BCUT2D eigenvalue weighted by molar-refractivity contribution is -0.167. The van der Waals surface area contributed by atoms with E-state index in [0.29, 0.717) is 12.8 Å². The molecular formula is C66H114O6. The Morgan fingerprint density at radius 3 is 0.917 bits per heavy atom. The molecule has 0 aromatic heterocycles. The lowest BCUT2D eigenvalue weighted by Crippen LogP contribution is -2.30. The minimum Gasteiger partial charge on any atom is -0.462 e. The third kappa shape index (κ3) is 57.5. The maximum atomic E-state index is 12.9. The summed E-state index contributed by atoms with van der Waals surface area (Å²) in [6.07, 6.45) is 78.7. The molecule has 0 amide bonds. The predicted molar refractivity (Wildman–Crippen MR) is 311 cm³/mol. The molecule has 0 bridgehead atoms. The van der Waals surface area contributed by atoms with Gasteiger partial charge in [-0.3, -0.25) is 14.4 Å². The van der Waals surface area contributed by atoms with Gasteiger partial charge in [0.1, 0.15) is 13.2 Å². The highest BCUT2D eigenvalue weighted by Crippen LogP contribution is 2.17. The molecule has 0 saturated carbocycles. The summed E-state index contributed by atoms with van der Waals surface area (Å²) in [7, 11) is 0. The SMILES string of the molecule is CC/C=C\C/C=C\C/C=C\C/C=C\C/C=C\CCCCCC(=O)OC(COC(=O)CCCCCCC/C=C\C/C=C\CCC)COC(=O)CCCCCCCCCCCCCCCCCCCCCCCC. The van der Waals surface area contributed by atoms with Crippen LogP contribution in [0, 0.1) is 0 Å². The Kier molecular flexibility index (Phi) is 57.3. The van der Waals surface area contributed by atoms with E-state index < -0.39 is 6.10 Å². The molecular weight excluding hydrogens is 889 g/mol. The van der Waals surface area contributed by atoms with Gasteiger partial charge in [-0.15, -0.1) is 0 Å². The summed E-state index contributed by atoms with van der Waals surface area (Å²) in [6.45, 7) is 6.45. The lowest BCUT2D eigenvalue weighted by atomic mass is 10.0. The quantitative estimate of drug-likeness (QED) is 0.0261. The number of hydrogen-bond donors (Lipinski definition) is 0. The first-order chi connectivity index (χ1) is 35.5. The molecule has 0 N–H and O–H groups in total. The van der Waals surface area contributed by atoms with Crippen molar-refractivity contribution in [2.45, 2.75) is 303 Å². The van der Waals surface area contributed by atoms with Crippen molar-refractivity contribution in [1.82, 2.24) is 0 Å². The van der Waals surface area contributed by atoms with Crippen molar-refractivity contribution >= 4 is 17.9 Å². The molecule has 0 aliphatic heterocycles. The summed E-state index contributed by atoms with van der Waals surface area (Å²) in [4.78, 5) is 38.2. The maximum Gasteiger partial charge on any atom is 0.306 e. The van der Waals surface area contributed by atoms with E-state index in [4.69, 9.17) is 14.2 Å². The normalized spacial score (nSPS) is 12.7. The molecule has 0 saturated heterocycles. The van der Waals surface area contributed by atoms with E-state index in [1.165, 1.54) is 128 Å². The molecule has 0 spiro atoms. The van der Waals surface area contributed by atoms with Crippen LogP contribution in [0.3, 0.4) is 0 Å². The molecule has 414 valence electrons. The second-order valence-electron chi connectivity index (χ2n) is 20.2. The van der Waals surface area contributed by atoms with E-state index in [-0.39, 0.29) is 37.5 Å². The molecule has 72 heavy (non-hydrogen) atoms. The van der Waals surface area contributed by atoms with Gasteiger partial charge >= 0.3 is 17.9 Å². The minimum atomic E-state index is -0.800. The van der Waals surface area contributed by atoms with Gasteiger partial charge in [0.05, 0.1) is 0 Å². The summed E-state index contributed by atoms with van der Waals surface area (Å²) < 4.78 is 16.9. The van der Waals surface area contributed by atoms with Gasteiger partial charge in [-0.25, -0.2) is 0 Å². The van der Waals surface area contributed by atoms with Gasteiger partial charge in [0.15, 0.2) is 6.10 Å². The van der Waals surface area contributed by atoms with Crippen LogP contribution >= 0.6 is 0 Å². The minimum absolute atomic E-state index is 0.0926. The zero-order chi connectivity index (χ0) is 52.2. The van der Waals surface area contributed by atoms with Crippen molar-refractivity contribution in [3.8, 4) is 0 Å². The third-order valence-electron chi connectivity index (χ3n) is 13.1. The summed E-state index contributed by atoms with van der Waals surface area (Å²) in [6, 6.07) is 0. The predicted octanol–water partition coefficient (Wildman–Crippen LogP) is 20.7. The molecule has 0 aromatic carbocycles. The number of allylic oxidation sites excluding steroid dienone is 14. The molecule has 6 heteroatoms. The van der Waals surface area contributed by atoms with Gasteiger partial charge < -0.3 is 14.2 Å². The average Bonchev–Trinajstić information content (AvgIpc) is 3.38. The van der Waals surface area contributed by atoms with Crippen LogP contribution in [0.5, 0.6) is 0 Å². The summed E-state index contributed by atoms with van der Waals surface area (Å²) in [5.74, 6) is -0.930. The number of hydrogen-bond acceptors (Lipinski definition) is 6. The number of carbonyl (C=O) groups excluding carboxylic acids is 3. The highest BCUT2D eigenvalue weighted by atomic mass is 16.6. The summed E-state index contributed by atoms with van der Waals surface area (Å²) in [5.41, 5.74) is 0. The van der Waals surface area contributed by atoms with Crippen molar-refractivity contribution in [3.05, 3.63) is 85.1 Å². The molecule has 0 aromatic rings. The maximum absolute atomic E-state index is 12.9. The fourth-order valence-electron chi connectivity index (χ4n) is 8.57. The van der Waals surface area contributed by atoms with Crippen molar-refractivity contribution in [2.24, 2.45) is 0 Å². The topological polar surface area (TPSA) is 78.9 Å². The van der Waals surface area contributed by atoms with Crippen LogP contribution in [0.4, 0.5) is 0 Å². The van der Waals surface area contributed by atoms with E-state index in [1.54, 1.807) is 0 Å². The van der Waals surface area contributed by atoms with Gasteiger partial charge in [-0.2, -0.15) is 0 Å². The lowest BCUT2D eigenvalue weighted by Gasteiger charge is -2.18. The van der Waals surface area contributed by atoms with Crippen LogP contribution in [-0.4, -0.2) is 37.2 Å². The molecule has 1 unspecified atom stereocenters. The number of ether oxygens (including phenoxy) is 3. The molecule has 0 aliphatic carbocycles. The molecule has 0 rings (SSSR count). The smallest absolute Gasteiger partial charge is 0.306 e. The van der Waals surface area contributed by atoms with Gasteiger partial charge in [-0.1, -0.05) is 273 Å². The first-order valence-corrected chi connectivity index (χ1v) is 30.6. The zero-order valence-corrected chi connectivity index (χ0v) is 47.4. The van der Waals surface area contributed by atoms with Crippen LogP contribution in [0.1, 0.15) is 297 Å². The average molecular weight is 1000 g/mol. The monoisotopic (exact) mass is 1000 g/mol. The van der Waals surface area contributed by atoms with Crippen LogP contribution in [0.25, 0.3) is 0 Å². The van der Waals surface area contributed by atoms with E-state index in [1.807, 2.05) is 0 Å². The van der Waals surface area contributed by atoms with Gasteiger partial charge in [0.2, 0.25) is 0 Å². The van der Waals surface area contributed by atoms with Crippen molar-refractivity contribution in [2.75, 3.05) is 13.2 Å². The van der Waals surface area contributed by atoms with Gasteiger partial charge in [-0.05, 0) is 89.9 Å². The van der Waals surface area contributed by atoms with Gasteiger partial charge in [0.25, 0.3) is 0 Å². The molecule has 1 atom stereocenters. The molecule has 0 heterocycles. The summed E-state index contributed by atoms with van der Waals surface area (Å²) in [5, 5.41) is 0. The van der Waals surface area contributed by atoms with E-state index in [2.05, 4.69) is 106 Å². The Morgan fingerprint density at radius 1 is 0.292 bits per heavy atom. The molecule has 0 radical (unpaired) electrons. The van der Waals surface area contributed by atoms with Crippen molar-refractivity contribution in [1.29, 1.82) is 0 Å². The Morgan fingerprint density at radius 2 is 0.569 bits per heavy atom. The van der Waals surface area contributed by atoms with Crippen molar-refractivity contribution in [3.63, 3.8) is 0 Å². The zero-order valence-electron chi connectivity index (χ0n) is 47.4. The van der Waals surface area contributed by atoms with E-state index >= 15 is 0 Å². The van der Waals surface area contributed by atoms with Crippen LogP contribution in [0.15, 0.2) is 85.1 Å². The number of rotatable bonds is 55. The highest BCUT2D eigenvalue weighted by Gasteiger charge is 2.19. The fraction of sp³-hybridized carbons (Fsp3) is 0.742. The Hall–Kier alpha value is -3.41. The Labute approximate surface area is 445 Å². The number of esters is 3. The fourth-order valence-corrected chi connectivity index (χ4v) is 8.57. The first-order valence-electron chi connectivity index (χ1n) is 30.6. The summed E-state index contributed by atoms with van der Waals surface area (Å²) >= 11 is 0. The standard InChI is InChI=1S/C66H114O6/c1-4-7-10-13-16-19-22-25-27-29-31-32-33-35-36-38-41-44-47-50-53-56-59-65(68)71-62-63(61-70-64(67)58-55-52-49-46-43-40-24-21-18-15-12-9-6-3)72-66(69)60-57-54-51-48-45-42-39-37-34-30-28-26-23-20-17-14-11-8-5-2/h8,11-12,15,17,20-21,24,26,28,34,37,42,45,63H,4-7,9-10,13-14,16,18-19,22-23,25,27,29-33,35-36,38-41,43-44,46-62H2,1-3H3/b11-8-,15-12-,20-17-,24-21-,28-26-,37-34-,45-42-. The number of carbonyl (C=O) groups is 3. The van der Waals surface area contributed by atoms with E-state index in [0.717, 1.165) is 128 Å². The van der Waals surface area contributed by atoms with Crippen LogP contribution < -0.4 is 0 Å². The van der Waals surface area contributed by atoms with Crippen LogP contribution in [0.2, 0.25) is 0 Å². The molecule has 0 aliphatic rings. The van der Waals surface area contributed by atoms with Crippen LogP contribution in [-0.2, 0) is 28.6 Å². The Bertz CT molecular complexity index is 1380. The molecule has 0 fully saturated rings. The largest absolute Gasteiger partial charge is 0.462 e.